The van der Waals surface area contributed by atoms with Crippen LogP contribution in [0.5, 0.6) is 0 Å². The maximum Gasteiger partial charge on any atom is 0.184 e. The van der Waals surface area contributed by atoms with E-state index in [0.29, 0.717) is 6.61 Å². The first-order valence-electron chi connectivity index (χ1n) is 5.10. The molecule has 1 aliphatic rings. The average Bonchev–Trinajstić information content (AvgIpc) is 2.28. The van der Waals surface area contributed by atoms with Gasteiger partial charge in [-0.3, -0.25) is 0 Å². The molecule has 0 aromatic rings. The number of rotatable bonds is 5. The molecule has 16 heavy (non-hydrogen) atoms. The predicted octanol–water partition coefficient (Wildman–Crippen LogP) is -0.605. The van der Waals surface area contributed by atoms with Crippen molar-refractivity contribution in [3.05, 3.63) is 0 Å². The van der Waals surface area contributed by atoms with Gasteiger partial charge in [0.1, 0.15) is 24.4 Å². The standard InChI is InChI=1S/C10H20O6/c1-12-5-6-7(13-2)8(14-3)9(15-4)10(11)16-6/h6-11H,5H2,1-4H3/t6?,7-,8?,9?,10?/m0/s1. The van der Waals surface area contributed by atoms with Crippen LogP contribution in [0.25, 0.3) is 0 Å². The van der Waals surface area contributed by atoms with Gasteiger partial charge in [0.25, 0.3) is 0 Å². The van der Waals surface area contributed by atoms with Gasteiger partial charge in [-0.25, -0.2) is 0 Å². The molecule has 4 unspecified atom stereocenters. The second kappa shape index (κ2) is 6.48. The number of aliphatic hydroxyl groups is 1. The van der Waals surface area contributed by atoms with Crippen molar-refractivity contribution in [2.45, 2.75) is 30.7 Å². The summed E-state index contributed by atoms with van der Waals surface area (Å²) < 4.78 is 26.1. The predicted molar refractivity (Wildman–Crippen MR) is 55.1 cm³/mol. The Morgan fingerprint density at radius 2 is 1.50 bits per heavy atom. The molecule has 6 nitrogen and oxygen atoms in total. The fourth-order valence-corrected chi connectivity index (χ4v) is 2.00. The first kappa shape index (κ1) is 13.8. The third-order valence-corrected chi connectivity index (χ3v) is 2.76. The normalized spacial score (nSPS) is 39.9. The second-order valence-corrected chi connectivity index (χ2v) is 3.62. The van der Waals surface area contributed by atoms with Crippen molar-refractivity contribution in [1.82, 2.24) is 0 Å². The maximum absolute atomic E-state index is 9.74. The van der Waals surface area contributed by atoms with Crippen LogP contribution in [0, 0.1) is 0 Å². The van der Waals surface area contributed by atoms with Crippen LogP contribution in [0.4, 0.5) is 0 Å². The fraction of sp³-hybridized carbons (Fsp3) is 1.00. The molecule has 0 aromatic heterocycles. The highest BCUT2D eigenvalue weighted by Gasteiger charge is 2.46. The molecule has 6 heteroatoms. The zero-order valence-corrected chi connectivity index (χ0v) is 10.1. The van der Waals surface area contributed by atoms with Gasteiger partial charge in [0, 0.05) is 28.4 Å². The molecule has 1 fully saturated rings. The highest BCUT2D eigenvalue weighted by Crippen LogP contribution is 2.25. The lowest BCUT2D eigenvalue weighted by molar-refractivity contribution is -0.300. The van der Waals surface area contributed by atoms with E-state index in [1.165, 1.54) is 7.11 Å². The monoisotopic (exact) mass is 236 g/mol. The number of methoxy groups -OCH3 is 4. The third kappa shape index (κ3) is 2.71. The summed E-state index contributed by atoms with van der Waals surface area (Å²) in [6, 6.07) is 0. The van der Waals surface area contributed by atoms with Crippen molar-refractivity contribution >= 4 is 0 Å². The Labute approximate surface area is 95.4 Å². The zero-order chi connectivity index (χ0) is 12.1. The highest BCUT2D eigenvalue weighted by molar-refractivity contribution is 4.91. The lowest BCUT2D eigenvalue weighted by atomic mass is 9.98. The topological polar surface area (TPSA) is 66.4 Å². The van der Waals surface area contributed by atoms with Crippen molar-refractivity contribution in [3.63, 3.8) is 0 Å². The van der Waals surface area contributed by atoms with Crippen molar-refractivity contribution in [3.8, 4) is 0 Å². The van der Waals surface area contributed by atoms with E-state index in [1.807, 2.05) is 0 Å². The molecule has 1 N–H and O–H groups in total. The Bertz CT molecular complexity index is 200. The molecule has 1 heterocycles. The van der Waals surface area contributed by atoms with Crippen LogP contribution in [-0.4, -0.2) is 70.9 Å². The molecular formula is C10H20O6. The van der Waals surface area contributed by atoms with E-state index in [0.717, 1.165) is 0 Å². The molecule has 0 bridgehead atoms. The van der Waals surface area contributed by atoms with Gasteiger partial charge < -0.3 is 28.8 Å². The van der Waals surface area contributed by atoms with Gasteiger partial charge in [-0.05, 0) is 0 Å². The largest absolute Gasteiger partial charge is 0.382 e. The third-order valence-electron chi connectivity index (χ3n) is 2.76. The molecule has 0 spiro atoms. The van der Waals surface area contributed by atoms with E-state index in [2.05, 4.69) is 0 Å². The van der Waals surface area contributed by atoms with Crippen molar-refractivity contribution in [2.75, 3.05) is 35.0 Å². The van der Waals surface area contributed by atoms with Crippen LogP contribution in [0.3, 0.4) is 0 Å². The lowest BCUT2D eigenvalue weighted by Crippen LogP contribution is -2.60. The van der Waals surface area contributed by atoms with Gasteiger partial charge in [-0.15, -0.1) is 0 Å². The minimum atomic E-state index is -1.04. The van der Waals surface area contributed by atoms with Gasteiger partial charge in [0.15, 0.2) is 6.29 Å². The summed E-state index contributed by atoms with van der Waals surface area (Å²) in [5.41, 5.74) is 0. The summed E-state index contributed by atoms with van der Waals surface area (Å²) in [5, 5.41) is 9.74. The minimum absolute atomic E-state index is 0.325. The van der Waals surface area contributed by atoms with Crippen molar-refractivity contribution in [2.24, 2.45) is 0 Å². The SMILES string of the molecule is COCC1OC(O)C(OC)C(OC)[C@H]1OC. The van der Waals surface area contributed by atoms with E-state index in [9.17, 15) is 5.11 Å². The number of hydrogen-bond donors (Lipinski definition) is 1. The fourth-order valence-electron chi connectivity index (χ4n) is 2.00. The zero-order valence-electron chi connectivity index (χ0n) is 10.1. The quantitative estimate of drug-likeness (QED) is 0.687. The summed E-state index contributed by atoms with van der Waals surface area (Å²) in [7, 11) is 6.16. The Morgan fingerprint density at radius 1 is 0.938 bits per heavy atom. The van der Waals surface area contributed by atoms with Gasteiger partial charge in [0.2, 0.25) is 0 Å². The summed E-state index contributed by atoms with van der Waals surface area (Å²) >= 11 is 0. The molecule has 1 saturated heterocycles. The molecule has 96 valence electrons. The number of ether oxygens (including phenoxy) is 5. The average molecular weight is 236 g/mol. The molecular weight excluding hydrogens is 216 g/mol. The molecule has 0 amide bonds. The van der Waals surface area contributed by atoms with E-state index >= 15 is 0 Å². The first-order chi connectivity index (χ1) is 7.69. The van der Waals surface area contributed by atoms with E-state index < -0.39 is 12.4 Å². The van der Waals surface area contributed by atoms with Crippen LogP contribution < -0.4 is 0 Å². The van der Waals surface area contributed by atoms with Gasteiger partial charge in [-0.1, -0.05) is 0 Å². The van der Waals surface area contributed by atoms with E-state index in [-0.39, 0.29) is 18.3 Å². The van der Waals surface area contributed by atoms with Crippen LogP contribution in [-0.2, 0) is 23.7 Å². The van der Waals surface area contributed by atoms with Crippen molar-refractivity contribution in [1.29, 1.82) is 0 Å². The molecule has 5 atom stereocenters. The second-order valence-electron chi connectivity index (χ2n) is 3.62. The molecule has 1 aliphatic heterocycles. The minimum Gasteiger partial charge on any atom is -0.382 e. The summed E-state index contributed by atoms with van der Waals surface area (Å²) in [4.78, 5) is 0. The molecule has 1 rings (SSSR count). The van der Waals surface area contributed by atoms with Gasteiger partial charge in [0.05, 0.1) is 6.61 Å². The van der Waals surface area contributed by atoms with E-state index in [4.69, 9.17) is 23.7 Å². The summed E-state index contributed by atoms with van der Waals surface area (Å²) in [6.45, 7) is 0.325. The summed E-state index contributed by atoms with van der Waals surface area (Å²) in [5.74, 6) is 0. The van der Waals surface area contributed by atoms with Crippen LogP contribution >= 0.6 is 0 Å². The number of aliphatic hydroxyl groups excluding tert-OH is 1. The Kier molecular flexibility index (Phi) is 5.60. The van der Waals surface area contributed by atoms with Gasteiger partial charge >= 0.3 is 0 Å². The molecule has 0 aliphatic carbocycles. The molecule has 0 saturated carbocycles. The molecule has 0 aromatic carbocycles. The maximum atomic E-state index is 9.74. The Balaban J connectivity index is 2.78. The van der Waals surface area contributed by atoms with Crippen LogP contribution in [0.2, 0.25) is 0 Å². The van der Waals surface area contributed by atoms with Crippen LogP contribution in [0.15, 0.2) is 0 Å². The van der Waals surface area contributed by atoms with Gasteiger partial charge in [-0.2, -0.15) is 0 Å². The van der Waals surface area contributed by atoms with E-state index in [1.54, 1.807) is 21.3 Å². The lowest BCUT2D eigenvalue weighted by Gasteiger charge is -2.42. The molecule has 0 radical (unpaired) electrons. The number of hydrogen-bond acceptors (Lipinski definition) is 6. The first-order valence-corrected chi connectivity index (χ1v) is 5.10. The Hall–Kier alpha value is -0.240. The summed E-state index contributed by atoms with van der Waals surface area (Å²) in [6.07, 6.45) is -2.71. The highest BCUT2D eigenvalue weighted by atomic mass is 16.7. The van der Waals surface area contributed by atoms with Crippen molar-refractivity contribution < 1.29 is 28.8 Å². The Morgan fingerprint density at radius 3 is 1.94 bits per heavy atom. The smallest absolute Gasteiger partial charge is 0.184 e. The van der Waals surface area contributed by atoms with Crippen LogP contribution in [0.1, 0.15) is 0 Å².